The maximum atomic E-state index is 13.6. The van der Waals surface area contributed by atoms with Gasteiger partial charge >= 0.3 is 0 Å². The Morgan fingerprint density at radius 3 is 2.10 bits per heavy atom. The Morgan fingerprint density at radius 1 is 0.931 bits per heavy atom. The highest BCUT2D eigenvalue weighted by atomic mass is 35.5. The van der Waals surface area contributed by atoms with E-state index in [1.807, 2.05) is 67.8 Å². The van der Waals surface area contributed by atoms with Gasteiger partial charge in [-0.2, -0.15) is 4.31 Å². The summed E-state index contributed by atoms with van der Waals surface area (Å²) >= 11 is 7.64. The molecule has 0 aliphatic rings. The molecule has 0 heterocycles. The lowest BCUT2D eigenvalue weighted by Gasteiger charge is -2.31. The molecule has 0 fully saturated rings. The predicted octanol–water partition coefficient (Wildman–Crippen LogP) is 6.40. The minimum absolute atomic E-state index is 0.247. The van der Waals surface area contributed by atoms with Crippen molar-refractivity contribution in [3.63, 3.8) is 0 Å². The van der Waals surface area contributed by atoms with Crippen LogP contribution in [-0.4, -0.2) is 19.0 Å². The molecule has 0 radical (unpaired) electrons. The van der Waals surface area contributed by atoms with E-state index in [0.29, 0.717) is 18.0 Å². The van der Waals surface area contributed by atoms with Gasteiger partial charge in [0.2, 0.25) is 10.0 Å². The highest BCUT2D eigenvalue weighted by Crippen LogP contribution is 2.32. The summed E-state index contributed by atoms with van der Waals surface area (Å²) < 4.78 is 28.8. The van der Waals surface area contributed by atoms with Gasteiger partial charge in [-0.1, -0.05) is 61.0 Å². The normalized spacial score (nSPS) is 12.8. The fourth-order valence-corrected chi connectivity index (χ4v) is 5.51. The molecule has 0 aromatic heterocycles. The number of sulfonamides is 1. The molecule has 0 N–H and O–H groups in total. The quantitative estimate of drug-likeness (QED) is 0.376. The first-order valence-corrected chi connectivity index (χ1v) is 12.4. The van der Waals surface area contributed by atoms with Crippen LogP contribution in [0.3, 0.4) is 0 Å². The molecule has 0 spiro atoms. The van der Waals surface area contributed by atoms with E-state index in [4.69, 9.17) is 11.6 Å². The van der Waals surface area contributed by atoms with Gasteiger partial charge in [0.1, 0.15) is 0 Å². The van der Waals surface area contributed by atoms with Gasteiger partial charge in [-0.3, -0.25) is 0 Å². The lowest BCUT2D eigenvalue weighted by atomic mass is 10.0. The molecule has 29 heavy (non-hydrogen) atoms. The van der Waals surface area contributed by atoms with Crippen LogP contribution >= 0.6 is 23.4 Å². The van der Waals surface area contributed by atoms with E-state index in [9.17, 15) is 8.42 Å². The average Bonchev–Trinajstić information content (AvgIpc) is 2.75. The second-order valence-electron chi connectivity index (χ2n) is 6.69. The summed E-state index contributed by atoms with van der Waals surface area (Å²) in [5.74, 6) is 0. The first-order chi connectivity index (χ1) is 14.0. The first-order valence-electron chi connectivity index (χ1n) is 9.41. The van der Waals surface area contributed by atoms with Crippen molar-refractivity contribution < 1.29 is 8.42 Å². The highest BCUT2D eigenvalue weighted by Gasteiger charge is 2.31. The summed E-state index contributed by atoms with van der Waals surface area (Å²) in [6.45, 7) is 2.31. The second kappa shape index (κ2) is 9.81. The molecule has 0 saturated carbocycles. The Hall–Kier alpha value is -1.79. The maximum Gasteiger partial charge on any atom is 0.243 e. The molecule has 0 aliphatic heterocycles. The molecule has 1 atom stereocenters. The molecule has 0 saturated heterocycles. The SMILES string of the molecule is CCC(c1ccccc1)N(Cc1ccc(SC)cc1)S(=O)(=O)c1ccc(Cl)cc1. The lowest BCUT2D eigenvalue weighted by Crippen LogP contribution is -2.34. The van der Waals surface area contributed by atoms with Gasteiger partial charge in [-0.25, -0.2) is 8.42 Å². The first kappa shape index (κ1) is 21.9. The van der Waals surface area contributed by atoms with Gasteiger partial charge in [0, 0.05) is 16.5 Å². The fraction of sp³-hybridized carbons (Fsp3) is 0.217. The lowest BCUT2D eigenvalue weighted by molar-refractivity contribution is 0.310. The minimum atomic E-state index is -3.72. The van der Waals surface area contributed by atoms with Crippen molar-refractivity contribution in [2.45, 2.75) is 35.7 Å². The summed E-state index contributed by atoms with van der Waals surface area (Å²) in [5, 5.41) is 0.512. The van der Waals surface area contributed by atoms with Gasteiger partial charge in [-0.15, -0.1) is 11.8 Å². The Balaban J connectivity index is 2.05. The zero-order chi connectivity index (χ0) is 20.9. The molecule has 152 valence electrons. The fourth-order valence-electron chi connectivity index (χ4n) is 3.30. The van der Waals surface area contributed by atoms with Crippen LogP contribution in [0.5, 0.6) is 0 Å². The third-order valence-electron chi connectivity index (χ3n) is 4.84. The van der Waals surface area contributed by atoms with Crippen LogP contribution in [0.2, 0.25) is 5.02 Å². The van der Waals surface area contributed by atoms with Crippen LogP contribution in [0.25, 0.3) is 0 Å². The Kier molecular flexibility index (Phi) is 7.41. The Morgan fingerprint density at radius 2 is 1.55 bits per heavy atom. The van der Waals surface area contributed by atoms with Crippen LogP contribution in [-0.2, 0) is 16.6 Å². The van der Waals surface area contributed by atoms with E-state index < -0.39 is 10.0 Å². The standard InChI is InChI=1S/C23H24ClNO2S2/c1-3-23(19-7-5-4-6-8-19)25(17-18-9-13-21(28-2)14-10-18)29(26,27)22-15-11-20(24)12-16-22/h4-16,23H,3,17H2,1-2H3. The van der Waals surface area contributed by atoms with Gasteiger partial charge < -0.3 is 0 Å². The van der Waals surface area contributed by atoms with Crippen molar-refractivity contribution >= 4 is 33.4 Å². The molecule has 6 heteroatoms. The minimum Gasteiger partial charge on any atom is -0.207 e. The number of rotatable bonds is 8. The van der Waals surface area contributed by atoms with Crippen molar-refractivity contribution in [2.75, 3.05) is 6.26 Å². The number of nitrogens with zero attached hydrogens (tertiary/aromatic N) is 1. The van der Waals surface area contributed by atoms with Gasteiger partial charge in [-0.05, 0) is 60.2 Å². The molecule has 3 nitrogen and oxygen atoms in total. The van der Waals surface area contributed by atoms with Crippen molar-refractivity contribution in [1.29, 1.82) is 0 Å². The van der Waals surface area contributed by atoms with Gasteiger partial charge in [0.05, 0.1) is 10.9 Å². The molecule has 3 aromatic carbocycles. The van der Waals surface area contributed by atoms with Crippen molar-refractivity contribution in [3.8, 4) is 0 Å². The van der Waals surface area contributed by atoms with Crippen LogP contribution in [0.15, 0.2) is 88.7 Å². The molecule has 0 aliphatic carbocycles. The zero-order valence-corrected chi connectivity index (χ0v) is 18.8. The Labute approximate surface area is 182 Å². The van der Waals surface area contributed by atoms with E-state index in [0.717, 1.165) is 16.0 Å². The number of thioether (sulfide) groups is 1. The predicted molar refractivity (Wildman–Crippen MR) is 122 cm³/mol. The number of hydrogen-bond acceptors (Lipinski definition) is 3. The number of halogens is 1. The van der Waals surface area contributed by atoms with Crippen LogP contribution < -0.4 is 0 Å². The van der Waals surface area contributed by atoms with E-state index in [1.54, 1.807) is 40.3 Å². The number of hydrogen-bond donors (Lipinski definition) is 0. The molecule has 0 bridgehead atoms. The summed E-state index contributed by atoms with van der Waals surface area (Å²) in [6, 6.07) is 23.9. The van der Waals surface area contributed by atoms with Crippen LogP contribution in [0.1, 0.15) is 30.5 Å². The summed E-state index contributed by atoms with van der Waals surface area (Å²) in [7, 11) is -3.72. The monoisotopic (exact) mass is 445 g/mol. The molecule has 1 unspecified atom stereocenters. The molecular formula is C23H24ClNO2S2. The van der Waals surface area contributed by atoms with Gasteiger partial charge in [0.15, 0.2) is 0 Å². The number of benzene rings is 3. The van der Waals surface area contributed by atoms with Crippen LogP contribution in [0.4, 0.5) is 0 Å². The smallest absolute Gasteiger partial charge is 0.207 e. The molecule has 3 rings (SSSR count). The third kappa shape index (κ3) is 5.23. The average molecular weight is 446 g/mol. The van der Waals surface area contributed by atoms with Gasteiger partial charge in [0.25, 0.3) is 0 Å². The second-order valence-corrected chi connectivity index (χ2v) is 9.89. The van der Waals surface area contributed by atoms with Crippen molar-refractivity contribution in [2.24, 2.45) is 0 Å². The highest BCUT2D eigenvalue weighted by molar-refractivity contribution is 7.98. The topological polar surface area (TPSA) is 37.4 Å². The van der Waals surface area contributed by atoms with Crippen molar-refractivity contribution in [3.05, 3.63) is 95.0 Å². The van der Waals surface area contributed by atoms with Crippen LogP contribution in [0, 0.1) is 0 Å². The molecular weight excluding hydrogens is 422 g/mol. The van der Waals surface area contributed by atoms with E-state index in [2.05, 4.69) is 0 Å². The zero-order valence-electron chi connectivity index (χ0n) is 16.5. The summed E-state index contributed by atoms with van der Waals surface area (Å²) in [6.07, 6.45) is 2.69. The van der Waals surface area contributed by atoms with E-state index in [1.165, 1.54) is 0 Å². The third-order valence-corrected chi connectivity index (χ3v) is 7.70. The molecule has 0 amide bonds. The molecule has 3 aromatic rings. The largest absolute Gasteiger partial charge is 0.243 e. The maximum absolute atomic E-state index is 13.6. The summed E-state index contributed by atoms with van der Waals surface area (Å²) in [4.78, 5) is 1.40. The summed E-state index contributed by atoms with van der Waals surface area (Å²) in [5.41, 5.74) is 1.93. The Bertz CT molecular complexity index is 1020. The van der Waals surface area contributed by atoms with Crippen molar-refractivity contribution in [1.82, 2.24) is 4.31 Å². The van der Waals surface area contributed by atoms with E-state index >= 15 is 0 Å². The van der Waals surface area contributed by atoms with E-state index in [-0.39, 0.29) is 10.9 Å².